The van der Waals surface area contributed by atoms with Crippen molar-refractivity contribution in [2.45, 2.75) is 31.8 Å². The minimum absolute atomic E-state index is 0.143. The molecule has 0 heterocycles. The van der Waals surface area contributed by atoms with Crippen molar-refractivity contribution in [2.75, 3.05) is 5.32 Å². The molecule has 0 saturated heterocycles. The number of nitrogens with one attached hydrogen (secondary N) is 1. The molecule has 0 spiro atoms. The van der Waals surface area contributed by atoms with Crippen LogP contribution in [0.5, 0.6) is 0 Å². The van der Waals surface area contributed by atoms with Crippen LogP contribution in [0.4, 0.5) is 5.69 Å². The standard InChI is InChI=1S/C30H28NOP/c1-23-13-12-14-24(2)28(23)31-29(32)30(21-22-30)33(25-15-6-3-7-16-25,26-17-8-4-9-18-26)27-19-10-5-11-20-27/h3-20H,21-22H2,1-2H3/p+1. The van der Waals surface area contributed by atoms with E-state index in [-0.39, 0.29) is 5.91 Å². The lowest BCUT2D eigenvalue weighted by Gasteiger charge is -2.34. The molecule has 0 atom stereocenters. The second kappa shape index (κ2) is 8.61. The maximum absolute atomic E-state index is 14.3. The third-order valence-electron chi connectivity index (χ3n) is 6.94. The highest BCUT2D eigenvalue weighted by Gasteiger charge is 2.73. The number of benzene rings is 4. The van der Waals surface area contributed by atoms with Gasteiger partial charge >= 0.3 is 0 Å². The summed E-state index contributed by atoms with van der Waals surface area (Å²) in [7, 11) is -2.28. The first kappa shape index (κ1) is 21.6. The summed E-state index contributed by atoms with van der Waals surface area (Å²) in [5.41, 5.74) is 3.14. The Labute approximate surface area is 197 Å². The van der Waals surface area contributed by atoms with Crippen molar-refractivity contribution >= 4 is 34.8 Å². The fraction of sp³-hybridized carbons (Fsp3) is 0.167. The van der Waals surface area contributed by atoms with Crippen LogP contribution in [0.1, 0.15) is 24.0 Å². The molecule has 2 nitrogen and oxygen atoms in total. The van der Waals surface area contributed by atoms with Crippen LogP contribution >= 0.6 is 7.26 Å². The van der Waals surface area contributed by atoms with Crippen LogP contribution in [-0.4, -0.2) is 11.1 Å². The van der Waals surface area contributed by atoms with E-state index in [1.54, 1.807) is 0 Å². The summed E-state index contributed by atoms with van der Waals surface area (Å²) < 4.78 is 0. The van der Waals surface area contributed by atoms with Crippen molar-refractivity contribution in [2.24, 2.45) is 0 Å². The van der Waals surface area contributed by atoms with E-state index in [1.807, 2.05) is 6.07 Å². The molecule has 1 fully saturated rings. The monoisotopic (exact) mass is 450 g/mol. The summed E-state index contributed by atoms with van der Waals surface area (Å²) in [5.74, 6) is 0.143. The highest BCUT2D eigenvalue weighted by atomic mass is 31.2. The zero-order valence-corrected chi connectivity index (χ0v) is 20.1. The Morgan fingerprint density at radius 2 is 1.03 bits per heavy atom. The molecular weight excluding hydrogens is 421 g/mol. The van der Waals surface area contributed by atoms with Gasteiger partial charge in [0.2, 0.25) is 0 Å². The fourth-order valence-electron chi connectivity index (χ4n) is 5.22. The Bertz CT molecular complexity index is 1150. The van der Waals surface area contributed by atoms with Gasteiger partial charge in [-0.3, -0.25) is 4.79 Å². The van der Waals surface area contributed by atoms with Crippen molar-refractivity contribution in [3.05, 3.63) is 120 Å². The van der Waals surface area contributed by atoms with E-state index < -0.39 is 12.4 Å². The average Bonchev–Trinajstić information content (AvgIpc) is 3.66. The van der Waals surface area contributed by atoms with Crippen LogP contribution < -0.4 is 21.2 Å². The van der Waals surface area contributed by atoms with Gasteiger partial charge in [-0.05, 0) is 61.4 Å². The third kappa shape index (κ3) is 3.50. The van der Waals surface area contributed by atoms with Crippen LogP contribution in [-0.2, 0) is 4.79 Å². The highest BCUT2D eigenvalue weighted by Crippen LogP contribution is 2.75. The zero-order chi connectivity index (χ0) is 22.9. The first-order chi connectivity index (χ1) is 16.1. The van der Waals surface area contributed by atoms with Crippen molar-refractivity contribution < 1.29 is 4.79 Å². The van der Waals surface area contributed by atoms with E-state index in [0.29, 0.717) is 0 Å². The minimum atomic E-state index is -2.28. The van der Waals surface area contributed by atoms with Crippen LogP contribution in [0.25, 0.3) is 0 Å². The summed E-state index contributed by atoms with van der Waals surface area (Å²) in [6, 6.07) is 38.3. The topological polar surface area (TPSA) is 29.1 Å². The molecule has 1 aliphatic rings. The van der Waals surface area contributed by atoms with Crippen molar-refractivity contribution in [1.82, 2.24) is 0 Å². The van der Waals surface area contributed by atoms with Crippen molar-refractivity contribution in [3.63, 3.8) is 0 Å². The first-order valence-corrected chi connectivity index (χ1v) is 13.3. The second-order valence-electron chi connectivity index (χ2n) is 8.93. The first-order valence-electron chi connectivity index (χ1n) is 11.5. The van der Waals surface area contributed by atoms with Gasteiger partial charge in [-0.1, -0.05) is 72.8 Å². The Morgan fingerprint density at radius 1 is 0.636 bits per heavy atom. The molecule has 1 aliphatic carbocycles. The zero-order valence-electron chi connectivity index (χ0n) is 19.2. The molecular formula is C30H29NOP+. The predicted octanol–water partition coefficient (Wildman–Crippen LogP) is 5.77. The molecule has 3 heteroatoms. The van der Waals surface area contributed by atoms with E-state index >= 15 is 0 Å². The molecule has 0 aliphatic heterocycles. The van der Waals surface area contributed by atoms with Gasteiger partial charge in [0.1, 0.15) is 23.2 Å². The number of amides is 1. The highest BCUT2D eigenvalue weighted by molar-refractivity contribution is 7.97. The van der Waals surface area contributed by atoms with Gasteiger partial charge in [-0.15, -0.1) is 0 Å². The van der Waals surface area contributed by atoms with E-state index in [1.165, 1.54) is 15.9 Å². The maximum atomic E-state index is 14.3. The van der Waals surface area contributed by atoms with E-state index in [0.717, 1.165) is 29.7 Å². The van der Waals surface area contributed by atoms with Gasteiger partial charge in [0, 0.05) is 18.5 Å². The number of anilines is 1. The third-order valence-corrected chi connectivity index (χ3v) is 12.1. The molecule has 0 aromatic heterocycles. The lowest BCUT2D eigenvalue weighted by atomic mass is 10.1. The molecule has 5 rings (SSSR count). The molecule has 1 N–H and O–H groups in total. The summed E-state index contributed by atoms with van der Waals surface area (Å²) in [6.45, 7) is 4.13. The normalized spacial score (nSPS) is 14.5. The summed E-state index contributed by atoms with van der Waals surface area (Å²) in [4.78, 5) is 14.3. The van der Waals surface area contributed by atoms with Crippen LogP contribution in [0.3, 0.4) is 0 Å². The number of aryl methyl sites for hydroxylation is 2. The molecule has 4 aromatic rings. The van der Waals surface area contributed by atoms with Crippen LogP contribution in [0.2, 0.25) is 0 Å². The predicted molar refractivity (Wildman–Crippen MR) is 142 cm³/mol. The Kier molecular flexibility index (Phi) is 5.64. The van der Waals surface area contributed by atoms with Gasteiger partial charge in [0.25, 0.3) is 5.91 Å². The summed E-state index contributed by atoms with van der Waals surface area (Å²) >= 11 is 0. The van der Waals surface area contributed by atoms with E-state index in [4.69, 9.17) is 0 Å². The molecule has 1 amide bonds. The van der Waals surface area contributed by atoms with Gasteiger partial charge in [-0.25, -0.2) is 0 Å². The number of carbonyl (C=O) groups is 1. The second-order valence-corrected chi connectivity index (χ2v) is 12.7. The molecule has 164 valence electrons. The van der Waals surface area contributed by atoms with E-state index in [2.05, 4.69) is 122 Å². The fourth-order valence-corrected chi connectivity index (χ4v) is 10.6. The Morgan fingerprint density at radius 3 is 1.39 bits per heavy atom. The molecule has 1 saturated carbocycles. The van der Waals surface area contributed by atoms with Crippen LogP contribution in [0.15, 0.2) is 109 Å². The number of carbonyl (C=O) groups excluding carboxylic acids is 1. The Hall–Kier alpha value is -3.22. The quantitative estimate of drug-likeness (QED) is 0.371. The number of hydrogen-bond acceptors (Lipinski definition) is 1. The number of rotatable bonds is 6. The molecule has 33 heavy (non-hydrogen) atoms. The largest absolute Gasteiger partial charge is 0.322 e. The summed E-state index contributed by atoms with van der Waals surface area (Å²) in [5, 5.41) is 6.70. The van der Waals surface area contributed by atoms with Crippen molar-refractivity contribution in [1.29, 1.82) is 0 Å². The van der Waals surface area contributed by atoms with Crippen LogP contribution in [0, 0.1) is 13.8 Å². The van der Waals surface area contributed by atoms with Gasteiger partial charge in [0.15, 0.2) is 5.16 Å². The van der Waals surface area contributed by atoms with Gasteiger partial charge in [0.05, 0.1) is 0 Å². The smallest absolute Gasteiger partial charge is 0.269 e. The van der Waals surface area contributed by atoms with Gasteiger partial charge < -0.3 is 5.32 Å². The molecule has 0 unspecified atom stereocenters. The molecule has 4 aromatic carbocycles. The summed E-state index contributed by atoms with van der Waals surface area (Å²) in [6.07, 6.45) is 1.77. The molecule has 0 radical (unpaired) electrons. The maximum Gasteiger partial charge on any atom is 0.269 e. The SMILES string of the molecule is Cc1cccc(C)c1NC(=O)C1([P+](c2ccccc2)(c2ccccc2)c2ccccc2)CC1. The average molecular weight is 451 g/mol. The lowest BCUT2D eigenvalue weighted by molar-refractivity contribution is -0.116. The van der Waals surface area contributed by atoms with E-state index in [9.17, 15) is 4.79 Å². The minimum Gasteiger partial charge on any atom is -0.322 e. The number of para-hydroxylation sites is 1. The lowest BCUT2D eigenvalue weighted by Crippen LogP contribution is -2.46. The Balaban J connectivity index is 1.75. The van der Waals surface area contributed by atoms with Gasteiger partial charge in [-0.2, -0.15) is 0 Å². The van der Waals surface area contributed by atoms with Crippen molar-refractivity contribution in [3.8, 4) is 0 Å². The molecule has 0 bridgehead atoms. The number of hydrogen-bond donors (Lipinski definition) is 1.